The molecule has 4 rings (SSSR count). The predicted molar refractivity (Wildman–Crippen MR) is 118 cm³/mol. The van der Waals surface area contributed by atoms with Crippen LogP contribution >= 0.6 is 11.6 Å². The molecule has 7 nitrogen and oxygen atoms in total. The van der Waals surface area contributed by atoms with Gasteiger partial charge in [0.05, 0.1) is 16.9 Å². The minimum Gasteiger partial charge on any atom is -0.467 e. The van der Waals surface area contributed by atoms with Gasteiger partial charge >= 0.3 is 0 Å². The Morgan fingerprint density at radius 3 is 2.48 bits per heavy atom. The first kappa shape index (κ1) is 21.1. The Hall–Kier alpha value is -3.10. The van der Waals surface area contributed by atoms with Crippen molar-refractivity contribution in [1.29, 1.82) is 0 Å². The highest BCUT2D eigenvalue weighted by molar-refractivity contribution is 7.92. The first-order valence-electron chi connectivity index (χ1n) is 9.69. The molecule has 1 N–H and O–H groups in total. The van der Waals surface area contributed by atoms with E-state index in [2.05, 4.69) is 9.82 Å². The standard InChI is InChI=1S/C22H20ClN3O4S/c1-2-22(27)26-20(21-4-3-13-30-21)14-19(24-26)15-5-9-17(10-6-15)25-31(28,29)18-11-7-16(23)8-12-18/h3-13,20,25H,2,14H2,1H3/t20-/m0/s1. The van der Waals surface area contributed by atoms with E-state index in [4.69, 9.17) is 16.0 Å². The van der Waals surface area contributed by atoms with Crippen molar-refractivity contribution in [2.24, 2.45) is 5.10 Å². The van der Waals surface area contributed by atoms with Gasteiger partial charge in [0.15, 0.2) is 0 Å². The van der Waals surface area contributed by atoms with Crippen molar-refractivity contribution in [1.82, 2.24) is 5.01 Å². The molecule has 0 saturated carbocycles. The van der Waals surface area contributed by atoms with E-state index in [9.17, 15) is 13.2 Å². The highest BCUT2D eigenvalue weighted by atomic mass is 35.5. The number of sulfonamides is 1. The molecular weight excluding hydrogens is 438 g/mol. The highest BCUT2D eigenvalue weighted by Crippen LogP contribution is 2.33. The number of carbonyl (C=O) groups is 1. The molecule has 0 unspecified atom stereocenters. The summed E-state index contributed by atoms with van der Waals surface area (Å²) in [6.07, 6.45) is 2.41. The first-order chi connectivity index (χ1) is 14.9. The van der Waals surface area contributed by atoms with Gasteiger partial charge in [0.25, 0.3) is 10.0 Å². The smallest absolute Gasteiger partial charge is 0.261 e. The lowest BCUT2D eigenvalue weighted by atomic mass is 10.0. The molecule has 2 aromatic carbocycles. The number of hydrazone groups is 1. The van der Waals surface area contributed by atoms with Crippen LogP contribution in [0.1, 0.15) is 37.1 Å². The third-order valence-corrected chi connectivity index (χ3v) is 6.58. The average molecular weight is 458 g/mol. The number of anilines is 1. The molecular formula is C22H20ClN3O4S. The number of rotatable bonds is 6. The lowest BCUT2D eigenvalue weighted by Gasteiger charge is -2.18. The molecule has 0 radical (unpaired) electrons. The second-order valence-corrected chi connectivity index (χ2v) is 9.13. The average Bonchev–Trinajstić information content (AvgIpc) is 3.44. The Bertz CT molecular complexity index is 1200. The Morgan fingerprint density at radius 1 is 1.16 bits per heavy atom. The minimum atomic E-state index is -3.73. The SMILES string of the molecule is CCC(=O)N1N=C(c2ccc(NS(=O)(=O)c3ccc(Cl)cc3)cc2)C[C@H]1c1ccco1. The molecule has 0 bridgehead atoms. The quantitative estimate of drug-likeness (QED) is 0.574. The van der Waals surface area contributed by atoms with E-state index in [1.54, 1.807) is 43.5 Å². The van der Waals surface area contributed by atoms with E-state index in [0.29, 0.717) is 29.3 Å². The van der Waals surface area contributed by atoms with Crippen molar-refractivity contribution in [2.45, 2.75) is 30.7 Å². The van der Waals surface area contributed by atoms with E-state index in [1.165, 1.54) is 29.3 Å². The van der Waals surface area contributed by atoms with Crippen LogP contribution in [0.2, 0.25) is 5.02 Å². The number of amides is 1. The Morgan fingerprint density at radius 2 is 1.87 bits per heavy atom. The lowest BCUT2D eigenvalue weighted by Crippen LogP contribution is -2.25. The maximum Gasteiger partial charge on any atom is 0.261 e. The van der Waals surface area contributed by atoms with E-state index < -0.39 is 10.0 Å². The minimum absolute atomic E-state index is 0.0938. The van der Waals surface area contributed by atoms with Crippen LogP contribution < -0.4 is 4.72 Å². The largest absolute Gasteiger partial charge is 0.467 e. The van der Waals surface area contributed by atoms with Crippen LogP contribution in [0.5, 0.6) is 0 Å². The van der Waals surface area contributed by atoms with Crippen LogP contribution in [0.4, 0.5) is 5.69 Å². The van der Waals surface area contributed by atoms with Crippen molar-refractivity contribution >= 4 is 38.9 Å². The molecule has 160 valence electrons. The fraction of sp³-hybridized carbons (Fsp3) is 0.182. The monoisotopic (exact) mass is 457 g/mol. The lowest BCUT2D eigenvalue weighted by molar-refractivity contribution is -0.133. The molecule has 1 aliphatic rings. The summed E-state index contributed by atoms with van der Waals surface area (Å²) < 4.78 is 33.1. The summed E-state index contributed by atoms with van der Waals surface area (Å²) in [7, 11) is -3.73. The van der Waals surface area contributed by atoms with Gasteiger partial charge < -0.3 is 4.42 Å². The number of furan rings is 1. The second-order valence-electron chi connectivity index (χ2n) is 7.01. The molecule has 2 heterocycles. The number of hydrogen-bond acceptors (Lipinski definition) is 5. The molecule has 1 amide bonds. The van der Waals surface area contributed by atoms with Crippen molar-refractivity contribution in [2.75, 3.05) is 4.72 Å². The van der Waals surface area contributed by atoms with E-state index in [1.807, 2.05) is 6.07 Å². The van der Waals surface area contributed by atoms with Crippen LogP contribution in [-0.4, -0.2) is 25.0 Å². The molecule has 0 spiro atoms. The van der Waals surface area contributed by atoms with Crippen LogP contribution in [0.25, 0.3) is 0 Å². The Balaban J connectivity index is 1.54. The highest BCUT2D eigenvalue weighted by Gasteiger charge is 2.34. The van der Waals surface area contributed by atoms with Crippen LogP contribution in [0, 0.1) is 0 Å². The molecule has 0 fully saturated rings. The summed E-state index contributed by atoms with van der Waals surface area (Å²) in [5.41, 5.74) is 1.95. The number of halogens is 1. The number of hydrogen-bond donors (Lipinski definition) is 1. The fourth-order valence-corrected chi connectivity index (χ4v) is 4.52. The molecule has 0 saturated heterocycles. The van der Waals surface area contributed by atoms with Crippen LogP contribution in [-0.2, 0) is 14.8 Å². The second kappa shape index (κ2) is 8.56. The van der Waals surface area contributed by atoms with Gasteiger partial charge in [-0.15, -0.1) is 0 Å². The first-order valence-corrected chi connectivity index (χ1v) is 11.6. The molecule has 0 aliphatic carbocycles. The third kappa shape index (κ3) is 4.50. The molecule has 1 aromatic heterocycles. The maximum atomic E-state index is 12.5. The molecule has 31 heavy (non-hydrogen) atoms. The number of benzene rings is 2. The van der Waals surface area contributed by atoms with Gasteiger partial charge in [-0.05, 0) is 54.1 Å². The van der Waals surface area contributed by atoms with Crippen molar-refractivity contribution in [3.8, 4) is 0 Å². The zero-order valence-electron chi connectivity index (χ0n) is 16.7. The van der Waals surface area contributed by atoms with Gasteiger partial charge in [0.1, 0.15) is 11.8 Å². The van der Waals surface area contributed by atoms with Gasteiger partial charge in [-0.2, -0.15) is 5.10 Å². The van der Waals surface area contributed by atoms with E-state index in [0.717, 1.165) is 11.3 Å². The normalized spacial score (nSPS) is 16.3. The van der Waals surface area contributed by atoms with E-state index in [-0.39, 0.29) is 16.8 Å². The van der Waals surface area contributed by atoms with Gasteiger partial charge in [-0.25, -0.2) is 13.4 Å². The summed E-state index contributed by atoms with van der Waals surface area (Å²) in [5.74, 6) is 0.580. The van der Waals surface area contributed by atoms with Gasteiger partial charge in [-0.1, -0.05) is 30.7 Å². The predicted octanol–water partition coefficient (Wildman–Crippen LogP) is 4.82. The molecule has 3 aromatic rings. The summed E-state index contributed by atoms with van der Waals surface area (Å²) in [4.78, 5) is 12.5. The Labute approximate surface area is 185 Å². The number of carbonyl (C=O) groups excluding carboxylic acids is 1. The summed E-state index contributed by atoms with van der Waals surface area (Å²) in [6.45, 7) is 1.79. The zero-order valence-corrected chi connectivity index (χ0v) is 18.2. The molecule has 9 heteroatoms. The van der Waals surface area contributed by atoms with Crippen molar-refractivity contribution in [3.05, 3.63) is 83.3 Å². The summed E-state index contributed by atoms with van der Waals surface area (Å²) in [5, 5.41) is 6.44. The van der Waals surface area contributed by atoms with Gasteiger partial charge in [-0.3, -0.25) is 9.52 Å². The summed E-state index contributed by atoms with van der Waals surface area (Å²) in [6, 6.07) is 16.1. The zero-order chi connectivity index (χ0) is 22.0. The number of nitrogens with one attached hydrogen (secondary N) is 1. The molecule has 1 aliphatic heterocycles. The van der Waals surface area contributed by atoms with Gasteiger partial charge in [0, 0.05) is 23.6 Å². The molecule has 1 atom stereocenters. The fourth-order valence-electron chi connectivity index (χ4n) is 3.34. The van der Waals surface area contributed by atoms with Crippen LogP contribution in [0.15, 0.2) is 81.3 Å². The third-order valence-electron chi connectivity index (χ3n) is 4.93. The van der Waals surface area contributed by atoms with Crippen LogP contribution in [0.3, 0.4) is 0 Å². The maximum absolute atomic E-state index is 12.5. The van der Waals surface area contributed by atoms with Crippen molar-refractivity contribution < 1.29 is 17.6 Å². The number of nitrogens with zero attached hydrogens (tertiary/aromatic N) is 2. The van der Waals surface area contributed by atoms with E-state index >= 15 is 0 Å². The Kier molecular flexibility index (Phi) is 5.84. The van der Waals surface area contributed by atoms with Crippen molar-refractivity contribution in [3.63, 3.8) is 0 Å². The van der Waals surface area contributed by atoms with Gasteiger partial charge in [0.2, 0.25) is 5.91 Å². The topological polar surface area (TPSA) is 92.0 Å². The summed E-state index contributed by atoms with van der Waals surface area (Å²) >= 11 is 5.83.